The van der Waals surface area contributed by atoms with Crippen LogP contribution in [0.25, 0.3) is 0 Å². The Balaban J connectivity index is 1.51. The molecule has 0 atom stereocenters. The van der Waals surface area contributed by atoms with E-state index in [9.17, 15) is 13.2 Å². The molecule has 1 saturated carbocycles. The molecule has 2 aromatic rings. The van der Waals surface area contributed by atoms with Gasteiger partial charge in [-0.1, -0.05) is 24.1 Å². The Kier molecular flexibility index (Phi) is 6.84. The van der Waals surface area contributed by atoms with Crippen molar-refractivity contribution in [2.75, 3.05) is 18.4 Å². The Morgan fingerprint density at radius 2 is 1.74 bits per heavy atom. The van der Waals surface area contributed by atoms with Gasteiger partial charge in [0.15, 0.2) is 0 Å². The molecule has 2 fully saturated rings. The minimum absolute atomic E-state index is 0.0854. The van der Waals surface area contributed by atoms with E-state index < -0.39 is 15.9 Å². The first-order valence-corrected chi connectivity index (χ1v) is 12.6. The monoisotopic (exact) mass is 462 g/mol. The largest absolute Gasteiger partial charge is 0.490 e. The van der Waals surface area contributed by atoms with Gasteiger partial charge < -0.3 is 10.1 Å². The van der Waals surface area contributed by atoms with E-state index in [2.05, 4.69) is 5.32 Å². The van der Waals surface area contributed by atoms with Crippen LogP contribution in [0, 0.1) is 0 Å². The second-order valence-electron chi connectivity index (χ2n) is 8.11. The Hall–Kier alpha value is -2.09. The highest BCUT2D eigenvalue weighted by Gasteiger charge is 2.27. The Morgan fingerprint density at radius 1 is 1.00 bits per heavy atom. The molecular formula is C23H27ClN2O4S. The van der Waals surface area contributed by atoms with Crippen molar-refractivity contribution in [3.05, 3.63) is 53.1 Å². The van der Waals surface area contributed by atoms with Crippen LogP contribution in [-0.4, -0.2) is 37.8 Å². The highest BCUT2D eigenvalue weighted by atomic mass is 35.5. The normalized spacial score (nSPS) is 18.1. The van der Waals surface area contributed by atoms with Crippen LogP contribution in [0.4, 0.5) is 5.69 Å². The molecule has 0 radical (unpaired) electrons. The van der Waals surface area contributed by atoms with Crippen LogP contribution in [0.3, 0.4) is 0 Å². The molecular weight excluding hydrogens is 436 g/mol. The van der Waals surface area contributed by atoms with Gasteiger partial charge in [0.2, 0.25) is 10.0 Å². The van der Waals surface area contributed by atoms with Gasteiger partial charge in [-0.05, 0) is 68.9 Å². The van der Waals surface area contributed by atoms with Crippen LogP contribution in [-0.2, 0) is 10.0 Å². The number of halogens is 1. The summed E-state index contributed by atoms with van der Waals surface area (Å²) in [7, 11) is -3.65. The maximum Gasteiger partial charge on any atom is 0.257 e. The smallest absolute Gasteiger partial charge is 0.257 e. The molecule has 4 rings (SSSR count). The topological polar surface area (TPSA) is 75.7 Å². The van der Waals surface area contributed by atoms with Gasteiger partial charge in [0.1, 0.15) is 5.75 Å². The van der Waals surface area contributed by atoms with Crippen molar-refractivity contribution in [3.63, 3.8) is 0 Å². The Labute approximate surface area is 188 Å². The number of nitrogens with zero attached hydrogens (tertiary/aromatic N) is 1. The van der Waals surface area contributed by atoms with Crippen LogP contribution in [0.15, 0.2) is 47.4 Å². The number of rotatable bonds is 6. The average molecular weight is 463 g/mol. The van der Waals surface area contributed by atoms with Crippen molar-refractivity contribution in [2.24, 2.45) is 0 Å². The summed E-state index contributed by atoms with van der Waals surface area (Å²) in [6.07, 6.45) is 7.39. The third-order valence-electron chi connectivity index (χ3n) is 5.83. The molecule has 1 amide bonds. The van der Waals surface area contributed by atoms with Gasteiger partial charge in [0.25, 0.3) is 5.91 Å². The molecule has 1 N–H and O–H groups in total. The van der Waals surface area contributed by atoms with Gasteiger partial charge >= 0.3 is 0 Å². The van der Waals surface area contributed by atoms with Crippen molar-refractivity contribution < 1.29 is 17.9 Å². The maximum atomic E-state index is 13.0. The summed E-state index contributed by atoms with van der Waals surface area (Å²) in [4.78, 5) is 13.0. The van der Waals surface area contributed by atoms with Gasteiger partial charge in [-0.25, -0.2) is 8.42 Å². The van der Waals surface area contributed by atoms with Crippen LogP contribution in [0.1, 0.15) is 55.3 Å². The van der Waals surface area contributed by atoms with Crippen molar-refractivity contribution >= 4 is 33.2 Å². The summed E-state index contributed by atoms with van der Waals surface area (Å²) < 4.78 is 33.4. The highest BCUT2D eigenvalue weighted by molar-refractivity contribution is 7.89. The lowest BCUT2D eigenvalue weighted by Crippen LogP contribution is -2.35. The maximum absolute atomic E-state index is 13.0. The minimum atomic E-state index is -3.65. The van der Waals surface area contributed by atoms with Crippen molar-refractivity contribution in [1.82, 2.24) is 4.31 Å². The molecule has 1 aliphatic carbocycles. The lowest BCUT2D eigenvalue weighted by Gasteiger charge is -2.26. The van der Waals surface area contributed by atoms with E-state index in [-0.39, 0.29) is 21.6 Å². The van der Waals surface area contributed by atoms with Gasteiger partial charge in [-0.3, -0.25) is 4.79 Å². The van der Waals surface area contributed by atoms with Crippen molar-refractivity contribution in [3.8, 4) is 5.75 Å². The average Bonchev–Trinajstić information content (AvgIpc) is 3.28. The molecule has 1 heterocycles. The number of hydrogen-bond donors (Lipinski definition) is 1. The minimum Gasteiger partial charge on any atom is -0.490 e. The fourth-order valence-corrected chi connectivity index (χ4v) is 5.88. The predicted octanol–water partition coefficient (Wildman–Crippen LogP) is 5.09. The fourth-order valence-electron chi connectivity index (χ4n) is 4.14. The van der Waals surface area contributed by atoms with E-state index in [4.69, 9.17) is 16.3 Å². The van der Waals surface area contributed by atoms with Crippen molar-refractivity contribution in [2.45, 2.75) is 55.9 Å². The van der Waals surface area contributed by atoms with Crippen LogP contribution >= 0.6 is 11.6 Å². The van der Waals surface area contributed by atoms with E-state index in [0.29, 0.717) is 24.5 Å². The number of anilines is 1. The van der Waals surface area contributed by atoms with Gasteiger partial charge in [0.05, 0.1) is 21.6 Å². The number of carbonyl (C=O) groups excluding carboxylic acids is 1. The number of piperidine rings is 1. The quantitative estimate of drug-likeness (QED) is 0.648. The van der Waals surface area contributed by atoms with Crippen LogP contribution in [0.2, 0.25) is 5.02 Å². The first-order chi connectivity index (χ1) is 14.9. The summed E-state index contributed by atoms with van der Waals surface area (Å²) in [6, 6.07) is 11.5. The predicted molar refractivity (Wildman–Crippen MR) is 121 cm³/mol. The number of hydrogen-bond acceptors (Lipinski definition) is 4. The van der Waals surface area contributed by atoms with E-state index in [0.717, 1.165) is 32.1 Å². The van der Waals surface area contributed by atoms with E-state index >= 15 is 0 Å². The molecule has 0 bridgehead atoms. The first kappa shape index (κ1) is 22.1. The van der Waals surface area contributed by atoms with Gasteiger partial charge in [0, 0.05) is 24.8 Å². The lowest BCUT2D eigenvalue weighted by atomic mass is 10.2. The van der Waals surface area contributed by atoms with E-state index in [1.54, 1.807) is 12.1 Å². The third kappa shape index (κ3) is 5.22. The standard InChI is InChI=1S/C23H27ClN2O4S/c24-22-12-11-20(31(28,29)26-13-4-1-5-14-26)16-21(22)23(27)25-17-7-6-10-19(15-17)30-18-8-2-3-9-18/h6-7,10-12,15-16,18H,1-5,8-9,13-14H2,(H,25,27). The molecule has 0 unspecified atom stereocenters. The van der Waals surface area contributed by atoms with Gasteiger partial charge in [-0.2, -0.15) is 4.31 Å². The zero-order chi connectivity index (χ0) is 21.8. The lowest BCUT2D eigenvalue weighted by molar-refractivity contribution is 0.102. The highest BCUT2D eigenvalue weighted by Crippen LogP contribution is 2.28. The molecule has 1 aliphatic heterocycles. The Bertz CT molecular complexity index is 1050. The summed E-state index contributed by atoms with van der Waals surface area (Å²) in [5.41, 5.74) is 0.697. The summed E-state index contributed by atoms with van der Waals surface area (Å²) in [5.74, 6) is 0.246. The molecule has 2 aliphatic rings. The number of ether oxygens (including phenoxy) is 1. The van der Waals surface area contributed by atoms with Crippen LogP contribution < -0.4 is 10.1 Å². The first-order valence-electron chi connectivity index (χ1n) is 10.8. The van der Waals surface area contributed by atoms with Crippen LogP contribution in [0.5, 0.6) is 5.75 Å². The summed E-state index contributed by atoms with van der Waals surface area (Å²) >= 11 is 6.24. The zero-order valence-electron chi connectivity index (χ0n) is 17.3. The number of nitrogens with one attached hydrogen (secondary N) is 1. The number of benzene rings is 2. The van der Waals surface area contributed by atoms with Gasteiger partial charge in [-0.15, -0.1) is 0 Å². The fraction of sp³-hybridized carbons (Fsp3) is 0.435. The second-order valence-corrected chi connectivity index (χ2v) is 10.5. The second kappa shape index (κ2) is 9.59. The molecule has 166 valence electrons. The Morgan fingerprint density at radius 3 is 2.48 bits per heavy atom. The molecule has 0 aromatic heterocycles. The number of carbonyl (C=O) groups is 1. The molecule has 8 heteroatoms. The third-order valence-corrected chi connectivity index (χ3v) is 8.06. The zero-order valence-corrected chi connectivity index (χ0v) is 18.9. The SMILES string of the molecule is O=C(Nc1cccc(OC2CCCC2)c1)c1cc(S(=O)(=O)N2CCCCC2)ccc1Cl. The molecule has 1 saturated heterocycles. The molecule has 31 heavy (non-hydrogen) atoms. The number of sulfonamides is 1. The summed E-state index contributed by atoms with van der Waals surface area (Å²) in [6.45, 7) is 1.00. The summed E-state index contributed by atoms with van der Waals surface area (Å²) in [5, 5.41) is 3.01. The number of amides is 1. The van der Waals surface area contributed by atoms with E-state index in [1.165, 1.54) is 35.3 Å². The van der Waals surface area contributed by atoms with E-state index in [1.807, 2.05) is 12.1 Å². The van der Waals surface area contributed by atoms with Crippen molar-refractivity contribution in [1.29, 1.82) is 0 Å². The molecule has 6 nitrogen and oxygen atoms in total. The molecule has 2 aromatic carbocycles. The molecule has 0 spiro atoms.